The smallest absolute Gasteiger partial charge is 0.308 e. The number of nitrogens with zero attached hydrogens (tertiary/aromatic N) is 1. The maximum atomic E-state index is 12.8. The molecule has 0 bridgehead atoms. The molecular weight excluding hydrogens is 510 g/mol. The lowest BCUT2D eigenvalue weighted by Gasteiger charge is -2.46. The van der Waals surface area contributed by atoms with Gasteiger partial charge in [-0.25, -0.2) is 0 Å². The highest BCUT2D eigenvalue weighted by Crippen LogP contribution is 2.32. The van der Waals surface area contributed by atoms with Gasteiger partial charge in [0, 0.05) is 25.9 Å². The molecule has 222 valence electrons. The highest BCUT2D eigenvalue weighted by atomic mass is 16.7. The number of esters is 1. The second kappa shape index (κ2) is 15.7. The van der Waals surface area contributed by atoms with Crippen LogP contribution in [-0.4, -0.2) is 115 Å². The molecule has 2 aliphatic rings. The number of aliphatic hydroxyl groups excluding tert-OH is 3. The highest BCUT2D eigenvalue weighted by molar-refractivity contribution is 5.91. The summed E-state index contributed by atoms with van der Waals surface area (Å²) in [5.74, 6) is -1.96. The van der Waals surface area contributed by atoms with Gasteiger partial charge in [0.25, 0.3) is 0 Å². The molecule has 2 rings (SSSR count). The predicted octanol–water partition coefficient (Wildman–Crippen LogP) is 0.783. The van der Waals surface area contributed by atoms with E-state index in [-0.39, 0.29) is 18.6 Å². The first-order valence-electron chi connectivity index (χ1n) is 13.5. The monoisotopic (exact) mass is 555 g/mol. The molecule has 0 amide bonds. The second-order valence-corrected chi connectivity index (χ2v) is 10.7. The van der Waals surface area contributed by atoms with E-state index in [0.717, 1.165) is 0 Å². The molecule has 2 aliphatic heterocycles. The standard InChI is InChI=1S/C28H45NO10/c1-16-14-19(12-13-30)26(39-28-25(35)23(29(4)5)24(34)18(3)38-28)27(36-6)21(32)15-22(33)37-17(2)10-8-7-9-11-20(16)31/h7-9,11,13,16-19,21,23-28,32,34-35H,10,12,14-15H2,1-6H3/b8-7+,11-9+/t16-,17-,18-,19+,21-,23+,24-,25-,26+,27+,28+/m1/s1. The fourth-order valence-corrected chi connectivity index (χ4v) is 5.19. The van der Waals surface area contributed by atoms with E-state index in [1.54, 1.807) is 58.0 Å². The topological polar surface area (TPSA) is 152 Å². The SMILES string of the molecule is CO[C@@H]1[C@@H](O[C@@H]2O[C@H](C)[C@@H](O)[C@H](N(C)C)[C@H]2O)[C@@H](CC=O)C[C@@H](C)C(=O)/C=C/C=C/C[C@@H](C)OC(=O)C[C@H]1O. The summed E-state index contributed by atoms with van der Waals surface area (Å²) in [5.41, 5.74) is 0. The number of aldehydes is 1. The van der Waals surface area contributed by atoms with Gasteiger partial charge in [0.15, 0.2) is 12.1 Å². The van der Waals surface area contributed by atoms with E-state index in [2.05, 4.69) is 0 Å². The summed E-state index contributed by atoms with van der Waals surface area (Å²) in [4.78, 5) is 38.8. The number of ketones is 1. The second-order valence-electron chi connectivity index (χ2n) is 10.7. The van der Waals surface area contributed by atoms with Crippen molar-refractivity contribution in [1.29, 1.82) is 0 Å². The molecule has 11 nitrogen and oxygen atoms in total. The van der Waals surface area contributed by atoms with Gasteiger partial charge in [0.1, 0.15) is 24.6 Å². The summed E-state index contributed by atoms with van der Waals surface area (Å²) < 4.78 is 23.1. The fourth-order valence-electron chi connectivity index (χ4n) is 5.19. The molecule has 0 radical (unpaired) electrons. The highest BCUT2D eigenvalue weighted by Gasteiger charge is 2.48. The minimum absolute atomic E-state index is 0.0436. The Bertz CT molecular complexity index is 861. The van der Waals surface area contributed by atoms with Crippen LogP contribution in [0.1, 0.15) is 46.5 Å². The summed E-state index contributed by atoms with van der Waals surface area (Å²) >= 11 is 0. The number of likely N-dealkylation sites (N-methyl/N-ethyl adjacent to an activating group) is 1. The van der Waals surface area contributed by atoms with E-state index in [9.17, 15) is 29.7 Å². The third kappa shape index (κ3) is 9.28. The minimum Gasteiger partial charge on any atom is -0.462 e. The molecule has 1 saturated heterocycles. The summed E-state index contributed by atoms with van der Waals surface area (Å²) in [6.45, 7) is 5.10. The van der Waals surface area contributed by atoms with E-state index < -0.39 is 79.3 Å². The first-order valence-corrected chi connectivity index (χ1v) is 13.5. The lowest BCUT2D eigenvalue weighted by Crippen LogP contribution is -2.63. The Kier molecular flexibility index (Phi) is 13.4. The Balaban J connectivity index is 2.49. The molecule has 2 heterocycles. The zero-order valence-corrected chi connectivity index (χ0v) is 23.7. The van der Waals surface area contributed by atoms with Gasteiger partial charge >= 0.3 is 5.97 Å². The van der Waals surface area contributed by atoms with E-state index in [4.69, 9.17) is 18.9 Å². The van der Waals surface area contributed by atoms with Crippen LogP contribution < -0.4 is 0 Å². The van der Waals surface area contributed by atoms with Gasteiger partial charge in [0.05, 0.1) is 36.9 Å². The lowest BCUT2D eigenvalue weighted by atomic mass is 9.83. The number of carbonyl (C=O) groups excluding carboxylic acids is 3. The zero-order chi connectivity index (χ0) is 29.3. The van der Waals surface area contributed by atoms with Crippen molar-refractivity contribution in [1.82, 2.24) is 4.90 Å². The Morgan fingerprint density at radius 3 is 2.38 bits per heavy atom. The van der Waals surface area contributed by atoms with Crippen LogP contribution in [-0.2, 0) is 33.3 Å². The molecule has 0 saturated carbocycles. The van der Waals surface area contributed by atoms with Gasteiger partial charge in [-0.05, 0) is 46.4 Å². The van der Waals surface area contributed by atoms with Crippen molar-refractivity contribution >= 4 is 18.0 Å². The van der Waals surface area contributed by atoms with Crippen LogP contribution in [0.3, 0.4) is 0 Å². The number of hydrogen-bond acceptors (Lipinski definition) is 11. The molecule has 0 spiro atoms. The van der Waals surface area contributed by atoms with Crippen molar-refractivity contribution in [2.45, 2.75) is 102 Å². The Hall–Kier alpha value is -1.99. The van der Waals surface area contributed by atoms with Crippen molar-refractivity contribution in [3.05, 3.63) is 24.3 Å². The molecule has 11 heteroatoms. The first kappa shape index (κ1) is 33.2. The van der Waals surface area contributed by atoms with E-state index >= 15 is 0 Å². The van der Waals surface area contributed by atoms with Crippen LogP contribution in [0.5, 0.6) is 0 Å². The van der Waals surface area contributed by atoms with Crippen LogP contribution >= 0.6 is 0 Å². The van der Waals surface area contributed by atoms with E-state index in [0.29, 0.717) is 12.7 Å². The Morgan fingerprint density at radius 2 is 1.77 bits per heavy atom. The molecule has 0 aromatic rings. The summed E-state index contributed by atoms with van der Waals surface area (Å²) in [7, 11) is 4.75. The van der Waals surface area contributed by atoms with Gasteiger partial charge in [-0.3, -0.25) is 9.59 Å². The molecule has 0 unspecified atom stereocenters. The number of aliphatic hydroxyl groups is 3. The average Bonchev–Trinajstić information content (AvgIpc) is 2.85. The molecule has 0 aliphatic carbocycles. The van der Waals surface area contributed by atoms with Gasteiger partial charge in [-0.2, -0.15) is 0 Å². The molecule has 11 atom stereocenters. The quantitative estimate of drug-likeness (QED) is 0.315. The largest absolute Gasteiger partial charge is 0.462 e. The average molecular weight is 556 g/mol. The zero-order valence-electron chi connectivity index (χ0n) is 23.7. The van der Waals surface area contributed by atoms with Crippen LogP contribution in [0.25, 0.3) is 0 Å². The number of allylic oxidation sites excluding steroid dienone is 3. The van der Waals surface area contributed by atoms with E-state index in [1.807, 2.05) is 0 Å². The molecular formula is C28H45NO10. The third-order valence-electron chi connectivity index (χ3n) is 7.36. The van der Waals surface area contributed by atoms with Crippen LogP contribution in [0.4, 0.5) is 0 Å². The summed E-state index contributed by atoms with van der Waals surface area (Å²) in [6.07, 6.45) is -0.929. The predicted molar refractivity (Wildman–Crippen MR) is 142 cm³/mol. The van der Waals surface area contributed by atoms with E-state index in [1.165, 1.54) is 13.2 Å². The van der Waals surface area contributed by atoms with Gasteiger partial charge in [-0.1, -0.05) is 25.2 Å². The number of hydrogen-bond donors (Lipinski definition) is 3. The number of rotatable bonds is 6. The fraction of sp³-hybridized carbons (Fsp3) is 0.750. The molecule has 1 fully saturated rings. The lowest BCUT2D eigenvalue weighted by molar-refractivity contribution is -0.309. The normalized spacial score (nSPS) is 41.1. The number of carbonyl (C=O) groups is 3. The van der Waals surface area contributed by atoms with Crippen LogP contribution in [0.2, 0.25) is 0 Å². The van der Waals surface area contributed by atoms with Gasteiger partial charge in [0.2, 0.25) is 0 Å². The summed E-state index contributed by atoms with van der Waals surface area (Å²) in [6, 6.07) is -0.726. The molecule has 3 N–H and O–H groups in total. The number of ether oxygens (including phenoxy) is 4. The number of cyclic esters (lactones) is 1. The first-order chi connectivity index (χ1) is 18.4. The molecule has 0 aromatic heterocycles. The van der Waals surface area contributed by atoms with Gasteiger partial charge in [-0.15, -0.1) is 0 Å². The number of methoxy groups -OCH3 is 1. The van der Waals surface area contributed by atoms with Crippen molar-refractivity contribution in [2.75, 3.05) is 21.2 Å². The third-order valence-corrected chi connectivity index (χ3v) is 7.36. The molecule has 39 heavy (non-hydrogen) atoms. The molecule has 0 aromatic carbocycles. The Labute approximate surface area is 230 Å². The van der Waals surface area contributed by atoms with Crippen molar-refractivity contribution in [3.8, 4) is 0 Å². The van der Waals surface area contributed by atoms with Crippen LogP contribution in [0, 0.1) is 11.8 Å². The maximum absolute atomic E-state index is 12.8. The summed E-state index contributed by atoms with van der Waals surface area (Å²) in [5, 5.41) is 32.8. The Morgan fingerprint density at radius 1 is 1.08 bits per heavy atom. The van der Waals surface area contributed by atoms with Crippen LogP contribution in [0.15, 0.2) is 24.3 Å². The van der Waals surface area contributed by atoms with Crippen molar-refractivity contribution in [3.63, 3.8) is 0 Å². The maximum Gasteiger partial charge on any atom is 0.308 e. The van der Waals surface area contributed by atoms with Crippen molar-refractivity contribution in [2.24, 2.45) is 11.8 Å². The van der Waals surface area contributed by atoms with Gasteiger partial charge < -0.3 is 44.0 Å². The van der Waals surface area contributed by atoms with Crippen molar-refractivity contribution < 1.29 is 48.7 Å². The minimum atomic E-state index is -1.39.